The van der Waals surface area contributed by atoms with E-state index in [4.69, 9.17) is 9.31 Å². The van der Waals surface area contributed by atoms with E-state index < -0.39 is 0 Å². The number of hydrogen-bond donors (Lipinski definition) is 0. The number of hydrogen-bond acceptors (Lipinski definition) is 2. The normalized spacial score (nSPS) is 40.1. The van der Waals surface area contributed by atoms with Gasteiger partial charge in [-0.05, 0) is 76.1 Å². The third-order valence-electron chi connectivity index (χ3n) is 9.09. The van der Waals surface area contributed by atoms with Crippen molar-refractivity contribution in [3.63, 3.8) is 0 Å². The van der Waals surface area contributed by atoms with Crippen molar-refractivity contribution in [3.8, 4) is 0 Å². The first-order chi connectivity index (χ1) is 12.9. The summed E-state index contributed by atoms with van der Waals surface area (Å²) in [6.07, 6.45) is 9.66. The lowest BCUT2D eigenvalue weighted by atomic mass is 9.50. The Bertz CT molecular complexity index is 678. The SMILES string of the molecule is CC1(C)OB(C2C[C@@H]3CC[C@@]3(c3ccccc3)[C@@H]2C2CCCC2)OC1(C)C. The molecule has 0 amide bonds. The molecule has 5 rings (SSSR count). The Morgan fingerprint density at radius 3 is 2.07 bits per heavy atom. The predicted molar refractivity (Wildman–Crippen MR) is 111 cm³/mol. The van der Waals surface area contributed by atoms with Gasteiger partial charge >= 0.3 is 7.12 Å². The summed E-state index contributed by atoms with van der Waals surface area (Å²) in [6.45, 7) is 8.81. The van der Waals surface area contributed by atoms with E-state index >= 15 is 0 Å². The van der Waals surface area contributed by atoms with Crippen LogP contribution in [0.2, 0.25) is 5.82 Å². The van der Waals surface area contributed by atoms with Crippen molar-refractivity contribution >= 4 is 7.12 Å². The van der Waals surface area contributed by atoms with Crippen LogP contribution in [0.5, 0.6) is 0 Å². The maximum Gasteiger partial charge on any atom is 0.461 e. The fraction of sp³-hybridized carbons (Fsp3) is 0.750. The van der Waals surface area contributed by atoms with Crippen LogP contribution in [-0.2, 0) is 14.7 Å². The standard InChI is InChI=1S/C24H35BO2/c1-22(2)23(3,4)27-25(26-22)20-16-19-14-15-24(19,18-12-6-5-7-13-18)21(20)17-10-8-9-11-17/h5-7,12-13,17,19-21H,8-11,14-16H2,1-4H3/t19-,20?,21+,24-/m0/s1. The molecule has 1 saturated heterocycles. The van der Waals surface area contributed by atoms with Crippen LogP contribution in [0.4, 0.5) is 0 Å². The zero-order valence-electron chi connectivity index (χ0n) is 17.5. The van der Waals surface area contributed by atoms with Gasteiger partial charge in [0.15, 0.2) is 0 Å². The van der Waals surface area contributed by atoms with Gasteiger partial charge < -0.3 is 9.31 Å². The van der Waals surface area contributed by atoms with E-state index in [1.807, 2.05) is 0 Å². The molecule has 3 heteroatoms. The summed E-state index contributed by atoms with van der Waals surface area (Å²) in [4.78, 5) is 0. The number of benzene rings is 1. The van der Waals surface area contributed by atoms with Gasteiger partial charge in [0.2, 0.25) is 0 Å². The Morgan fingerprint density at radius 1 is 0.889 bits per heavy atom. The van der Waals surface area contributed by atoms with E-state index in [0.717, 1.165) is 17.8 Å². The second-order valence-electron chi connectivity index (χ2n) is 10.7. The van der Waals surface area contributed by atoms with Crippen LogP contribution >= 0.6 is 0 Å². The zero-order valence-corrected chi connectivity index (χ0v) is 17.5. The van der Waals surface area contributed by atoms with Crippen molar-refractivity contribution in [2.75, 3.05) is 0 Å². The van der Waals surface area contributed by atoms with E-state index in [9.17, 15) is 0 Å². The van der Waals surface area contributed by atoms with Crippen molar-refractivity contribution in [2.24, 2.45) is 17.8 Å². The fourth-order valence-electron chi connectivity index (χ4n) is 7.04. The molecule has 4 aliphatic rings. The first kappa shape index (κ1) is 18.2. The smallest absolute Gasteiger partial charge is 0.403 e. The highest BCUT2D eigenvalue weighted by Gasteiger charge is 2.67. The van der Waals surface area contributed by atoms with Gasteiger partial charge in [-0.2, -0.15) is 0 Å². The van der Waals surface area contributed by atoms with Gasteiger partial charge in [0.25, 0.3) is 0 Å². The number of fused-ring (bicyclic) bond motifs is 1. The third kappa shape index (κ3) is 2.53. The molecule has 146 valence electrons. The van der Waals surface area contributed by atoms with Crippen LogP contribution in [0.25, 0.3) is 0 Å². The van der Waals surface area contributed by atoms with Crippen molar-refractivity contribution in [2.45, 2.75) is 95.1 Å². The lowest BCUT2D eigenvalue weighted by Crippen LogP contribution is -2.48. The van der Waals surface area contributed by atoms with Crippen LogP contribution in [-0.4, -0.2) is 18.3 Å². The van der Waals surface area contributed by atoms with E-state index in [1.165, 1.54) is 44.9 Å². The highest BCUT2D eigenvalue weighted by molar-refractivity contribution is 6.47. The Balaban J connectivity index is 1.53. The van der Waals surface area contributed by atoms with Crippen molar-refractivity contribution in [1.82, 2.24) is 0 Å². The molecule has 4 fully saturated rings. The Labute approximate surface area is 165 Å². The molecule has 1 aliphatic heterocycles. The summed E-state index contributed by atoms with van der Waals surface area (Å²) in [7, 11) is -0.0354. The molecule has 3 aliphatic carbocycles. The highest BCUT2D eigenvalue weighted by Crippen LogP contribution is 2.70. The molecule has 1 unspecified atom stereocenters. The maximum absolute atomic E-state index is 6.62. The molecule has 1 aromatic carbocycles. The molecule has 2 nitrogen and oxygen atoms in total. The first-order valence-electron chi connectivity index (χ1n) is 11.3. The topological polar surface area (TPSA) is 18.5 Å². The molecule has 0 N–H and O–H groups in total. The van der Waals surface area contributed by atoms with Crippen LogP contribution in [0.3, 0.4) is 0 Å². The van der Waals surface area contributed by atoms with E-state index in [2.05, 4.69) is 58.0 Å². The zero-order chi connectivity index (χ0) is 18.9. The molecule has 0 spiro atoms. The summed E-state index contributed by atoms with van der Waals surface area (Å²) < 4.78 is 13.2. The predicted octanol–water partition coefficient (Wildman–Crippen LogP) is 6.01. The summed E-state index contributed by atoms with van der Waals surface area (Å²) in [5, 5.41) is 0. The average molecular weight is 366 g/mol. The minimum atomic E-state index is -0.223. The third-order valence-corrected chi connectivity index (χ3v) is 9.09. The molecule has 1 heterocycles. The monoisotopic (exact) mass is 366 g/mol. The molecule has 4 atom stereocenters. The minimum Gasteiger partial charge on any atom is -0.403 e. The average Bonchev–Trinajstić information content (AvgIpc) is 3.25. The second kappa shape index (κ2) is 6.10. The van der Waals surface area contributed by atoms with Crippen LogP contribution in [0.15, 0.2) is 30.3 Å². The second-order valence-corrected chi connectivity index (χ2v) is 10.7. The minimum absolute atomic E-state index is 0.0354. The van der Waals surface area contributed by atoms with Crippen LogP contribution < -0.4 is 0 Å². The molecule has 3 saturated carbocycles. The molecule has 1 aromatic rings. The maximum atomic E-state index is 6.62. The lowest BCUT2D eigenvalue weighted by molar-refractivity contribution is 0.00578. The molecule has 27 heavy (non-hydrogen) atoms. The van der Waals surface area contributed by atoms with Crippen molar-refractivity contribution < 1.29 is 9.31 Å². The van der Waals surface area contributed by atoms with Gasteiger partial charge in [-0.15, -0.1) is 0 Å². The molecule has 0 bridgehead atoms. The largest absolute Gasteiger partial charge is 0.461 e. The highest BCUT2D eigenvalue weighted by atomic mass is 16.7. The molecular weight excluding hydrogens is 331 g/mol. The van der Waals surface area contributed by atoms with Gasteiger partial charge in [0, 0.05) is 5.41 Å². The first-order valence-corrected chi connectivity index (χ1v) is 11.3. The van der Waals surface area contributed by atoms with Crippen LogP contribution in [0.1, 0.15) is 78.2 Å². The molecule has 0 radical (unpaired) electrons. The summed E-state index contributed by atoms with van der Waals surface area (Å²) >= 11 is 0. The van der Waals surface area contributed by atoms with E-state index in [-0.39, 0.29) is 18.3 Å². The van der Waals surface area contributed by atoms with Gasteiger partial charge in [-0.3, -0.25) is 0 Å². The van der Waals surface area contributed by atoms with Gasteiger partial charge in [0.05, 0.1) is 11.2 Å². The van der Waals surface area contributed by atoms with Gasteiger partial charge in [-0.1, -0.05) is 56.0 Å². The van der Waals surface area contributed by atoms with Gasteiger partial charge in [-0.25, -0.2) is 0 Å². The Morgan fingerprint density at radius 2 is 1.52 bits per heavy atom. The fourth-order valence-corrected chi connectivity index (χ4v) is 7.04. The summed E-state index contributed by atoms with van der Waals surface area (Å²) in [6, 6.07) is 11.5. The summed E-state index contributed by atoms with van der Waals surface area (Å²) in [5.74, 6) is 2.92. The van der Waals surface area contributed by atoms with Crippen molar-refractivity contribution in [1.29, 1.82) is 0 Å². The molecular formula is C24H35BO2. The number of rotatable bonds is 3. The Hall–Kier alpha value is -0.795. The quantitative estimate of drug-likeness (QED) is 0.610. The van der Waals surface area contributed by atoms with E-state index in [0.29, 0.717) is 11.2 Å². The van der Waals surface area contributed by atoms with E-state index in [1.54, 1.807) is 5.56 Å². The Kier molecular flexibility index (Phi) is 4.12. The lowest BCUT2D eigenvalue weighted by Gasteiger charge is -2.52. The van der Waals surface area contributed by atoms with Crippen molar-refractivity contribution in [3.05, 3.63) is 35.9 Å². The molecule has 0 aromatic heterocycles. The van der Waals surface area contributed by atoms with Gasteiger partial charge in [0.1, 0.15) is 0 Å². The van der Waals surface area contributed by atoms with Crippen LogP contribution in [0, 0.1) is 17.8 Å². The summed E-state index contributed by atoms with van der Waals surface area (Å²) in [5.41, 5.74) is 1.53.